The molecule has 1 aliphatic rings. The Balaban J connectivity index is 2.53. The number of hydrogen-bond donors (Lipinski definition) is 1. The van der Waals surface area contributed by atoms with Gasteiger partial charge in [-0.25, -0.2) is 0 Å². The zero-order valence-corrected chi connectivity index (χ0v) is 13.5. The Morgan fingerprint density at radius 1 is 1.30 bits per heavy atom. The summed E-state index contributed by atoms with van der Waals surface area (Å²) in [7, 11) is 1.67. The van der Waals surface area contributed by atoms with Crippen molar-refractivity contribution in [3.63, 3.8) is 0 Å². The number of carboxylic acid groups (broad SMARTS) is 1. The third kappa shape index (κ3) is 5.06. The summed E-state index contributed by atoms with van der Waals surface area (Å²) in [5, 5.41) is 9.05. The number of carbonyl (C=O) groups is 1. The van der Waals surface area contributed by atoms with Crippen LogP contribution in [0.5, 0.6) is 0 Å². The Bertz CT molecular complexity index is 296. The van der Waals surface area contributed by atoms with E-state index in [0.717, 1.165) is 25.3 Å². The molecule has 0 amide bonds. The molecule has 0 unspecified atom stereocenters. The molecule has 0 saturated heterocycles. The van der Waals surface area contributed by atoms with Gasteiger partial charge < -0.3 is 9.84 Å². The van der Waals surface area contributed by atoms with Crippen molar-refractivity contribution in [2.75, 3.05) is 26.8 Å². The first-order valence-corrected chi connectivity index (χ1v) is 7.85. The molecule has 118 valence electrons. The van der Waals surface area contributed by atoms with E-state index in [0.29, 0.717) is 18.1 Å². The van der Waals surface area contributed by atoms with E-state index in [1.165, 1.54) is 19.3 Å². The molecule has 1 fully saturated rings. The fourth-order valence-corrected chi connectivity index (χ4v) is 3.28. The normalized spacial score (nSPS) is 24.1. The molecule has 4 nitrogen and oxygen atoms in total. The average Bonchev–Trinajstić information content (AvgIpc) is 2.43. The third-order valence-corrected chi connectivity index (χ3v) is 5.15. The number of carboxylic acids is 1. The Hall–Kier alpha value is -0.610. The van der Waals surface area contributed by atoms with Crippen LogP contribution in [-0.4, -0.2) is 48.8 Å². The van der Waals surface area contributed by atoms with Gasteiger partial charge in [0.1, 0.15) is 0 Å². The maximum atomic E-state index is 11.0. The highest BCUT2D eigenvalue weighted by Crippen LogP contribution is 2.41. The van der Waals surface area contributed by atoms with Crippen molar-refractivity contribution in [3.05, 3.63) is 0 Å². The molecule has 0 aromatic carbocycles. The summed E-state index contributed by atoms with van der Waals surface area (Å²) in [4.78, 5) is 13.1. The maximum absolute atomic E-state index is 11.0. The zero-order valence-electron chi connectivity index (χ0n) is 13.5. The molecule has 0 radical (unpaired) electrons. The molecule has 0 heterocycles. The molecule has 1 rings (SSSR count). The molecule has 1 saturated carbocycles. The number of methoxy groups -OCH3 is 1. The molecule has 1 N–H and O–H groups in total. The second-order valence-corrected chi connectivity index (χ2v) is 6.70. The van der Waals surface area contributed by atoms with Crippen LogP contribution in [0, 0.1) is 11.3 Å². The predicted molar refractivity (Wildman–Crippen MR) is 80.9 cm³/mol. The largest absolute Gasteiger partial charge is 0.480 e. The summed E-state index contributed by atoms with van der Waals surface area (Å²) < 4.78 is 5.10. The number of nitrogens with zero attached hydrogens (tertiary/aromatic N) is 1. The van der Waals surface area contributed by atoms with E-state index in [9.17, 15) is 4.79 Å². The van der Waals surface area contributed by atoms with Crippen molar-refractivity contribution in [2.45, 2.75) is 58.9 Å². The first kappa shape index (κ1) is 17.4. The van der Waals surface area contributed by atoms with Crippen LogP contribution in [0.3, 0.4) is 0 Å². The van der Waals surface area contributed by atoms with E-state index in [1.807, 2.05) is 0 Å². The van der Waals surface area contributed by atoms with Gasteiger partial charge in [0.2, 0.25) is 0 Å². The molecule has 0 spiro atoms. The number of hydrogen-bond acceptors (Lipinski definition) is 3. The van der Waals surface area contributed by atoms with Gasteiger partial charge in [0.25, 0.3) is 0 Å². The molecule has 1 aliphatic carbocycles. The Labute approximate surface area is 123 Å². The number of ether oxygens (including phenoxy) is 1. The molecule has 0 aromatic heterocycles. The highest BCUT2D eigenvalue weighted by molar-refractivity contribution is 5.69. The maximum Gasteiger partial charge on any atom is 0.317 e. The van der Waals surface area contributed by atoms with Crippen LogP contribution in [0.2, 0.25) is 0 Å². The first-order valence-electron chi connectivity index (χ1n) is 7.85. The van der Waals surface area contributed by atoms with Gasteiger partial charge in [0, 0.05) is 19.7 Å². The molecular formula is C16H31NO3. The van der Waals surface area contributed by atoms with Crippen molar-refractivity contribution in [1.29, 1.82) is 0 Å². The second-order valence-electron chi connectivity index (χ2n) is 6.70. The molecule has 0 atom stereocenters. The van der Waals surface area contributed by atoms with E-state index >= 15 is 0 Å². The summed E-state index contributed by atoms with van der Waals surface area (Å²) in [5.41, 5.74) is 0.412. The standard InChI is InChI=1S/C16H31NO3/c1-5-16(2,3)13-6-8-14(9-7-13)17(10-11-20-4)12-15(18)19/h13-14H,5-12H2,1-4H3,(H,18,19). The van der Waals surface area contributed by atoms with Gasteiger partial charge in [-0.15, -0.1) is 0 Å². The second kappa shape index (κ2) is 7.99. The average molecular weight is 285 g/mol. The lowest BCUT2D eigenvalue weighted by Crippen LogP contribution is -2.44. The van der Waals surface area contributed by atoms with Crippen LogP contribution in [0.4, 0.5) is 0 Å². The van der Waals surface area contributed by atoms with Crippen LogP contribution in [0.15, 0.2) is 0 Å². The lowest BCUT2D eigenvalue weighted by Gasteiger charge is -2.42. The quantitative estimate of drug-likeness (QED) is 0.745. The monoisotopic (exact) mass is 285 g/mol. The summed E-state index contributed by atoms with van der Waals surface area (Å²) in [6.07, 6.45) is 5.88. The Kier molecular flexibility index (Phi) is 6.96. The van der Waals surface area contributed by atoms with Crippen LogP contribution >= 0.6 is 0 Å². The van der Waals surface area contributed by atoms with Crippen LogP contribution < -0.4 is 0 Å². The van der Waals surface area contributed by atoms with Gasteiger partial charge in [-0.1, -0.05) is 27.2 Å². The lowest BCUT2D eigenvalue weighted by molar-refractivity contribution is -0.139. The summed E-state index contributed by atoms with van der Waals surface area (Å²) in [5.74, 6) is 0.0370. The highest BCUT2D eigenvalue weighted by atomic mass is 16.5. The van der Waals surface area contributed by atoms with Gasteiger partial charge >= 0.3 is 5.97 Å². The SMILES string of the molecule is CCC(C)(C)C1CCC(N(CCOC)CC(=O)O)CC1. The molecule has 4 heteroatoms. The summed E-state index contributed by atoms with van der Waals surface area (Å²) >= 11 is 0. The minimum absolute atomic E-state index is 0.135. The summed E-state index contributed by atoms with van der Waals surface area (Å²) in [6.45, 7) is 8.44. The molecule has 0 aliphatic heterocycles. The van der Waals surface area contributed by atoms with E-state index in [2.05, 4.69) is 25.7 Å². The minimum Gasteiger partial charge on any atom is -0.480 e. The molecular weight excluding hydrogens is 254 g/mol. The van der Waals surface area contributed by atoms with E-state index in [4.69, 9.17) is 9.84 Å². The smallest absolute Gasteiger partial charge is 0.317 e. The van der Waals surface area contributed by atoms with Gasteiger partial charge in [-0.05, 0) is 37.0 Å². The number of rotatable bonds is 8. The van der Waals surface area contributed by atoms with Crippen molar-refractivity contribution >= 4 is 5.97 Å². The third-order valence-electron chi connectivity index (χ3n) is 5.15. The van der Waals surface area contributed by atoms with E-state index in [-0.39, 0.29) is 6.54 Å². The fraction of sp³-hybridized carbons (Fsp3) is 0.938. The van der Waals surface area contributed by atoms with Crippen LogP contribution in [0.25, 0.3) is 0 Å². The topological polar surface area (TPSA) is 49.8 Å². The first-order chi connectivity index (χ1) is 9.40. The van der Waals surface area contributed by atoms with E-state index in [1.54, 1.807) is 7.11 Å². The van der Waals surface area contributed by atoms with Gasteiger partial charge in [0.05, 0.1) is 13.2 Å². The van der Waals surface area contributed by atoms with Crippen molar-refractivity contribution in [2.24, 2.45) is 11.3 Å². The predicted octanol–water partition coefficient (Wildman–Crippen LogP) is 3.01. The Morgan fingerprint density at radius 2 is 1.90 bits per heavy atom. The van der Waals surface area contributed by atoms with Crippen molar-refractivity contribution in [3.8, 4) is 0 Å². The molecule has 0 aromatic rings. The minimum atomic E-state index is -0.739. The number of aliphatic carboxylic acids is 1. The highest BCUT2D eigenvalue weighted by Gasteiger charge is 2.33. The van der Waals surface area contributed by atoms with Gasteiger partial charge in [-0.2, -0.15) is 0 Å². The fourth-order valence-electron chi connectivity index (χ4n) is 3.28. The molecule has 0 bridgehead atoms. The zero-order chi connectivity index (χ0) is 15.2. The molecule has 20 heavy (non-hydrogen) atoms. The lowest BCUT2D eigenvalue weighted by atomic mass is 9.68. The summed E-state index contributed by atoms with van der Waals surface area (Å²) in [6, 6.07) is 0.408. The van der Waals surface area contributed by atoms with Crippen LogP contribution in [0.1, 0.15) is 52.9 Å². The van der Waals surface area contributed by atoms with Crippen molar-refractivity contribution < 1.29 is 14.6 Å². The van der Waals surface area contributed by atoms with E-state index < -0.39 is 5.97 Å². The van der Waals surface area contributed by atoms with Gasteiger partial charge in [0.15, 0.2) is 0 Å². The van der Waals surface area contributed by atoms with Crippen molar-refractivity contribution in [1.82, 2.24) is 4.90 Å². The van der Waals surface area contributed by atoms with Gasteiger partial charge in [-0.3, -0.25) is 9.69 Å². The Morgan fingerprint density at radius 3 is 2.35 bits per heavy atom. The van der Waals surface area contributed by atoms with Crippen LogP contribution in [-0.2, 0) is 9.53 Å².